The average molecular weight is 689 g/mol. The molecule has 0 aromatic carbocycles. The fourth-order valence-corrected chi connectivity index (χ4v) is 8.21. The van der Waals surface area contributed by atoms with Gasteiger partial charge in [0, 0.05) is 31.8 Å². The third kappa shape index (κ3) is 5.48. The lowest BCUT2D eigenvalue weighted by Crippen LogP contribution is -2.41. The molecule has 8 atom stereocenters. The number of thiol groups is 1. The van der Waals surface area contributed by atoms with Crippen LogP contribution in [0.1, 0.15) is 24.3 Å². The molecule has 4 aromatic heterocycles. The number of hydrogen-bond acceptors (Lipinski definition) is 15. The number of nitrogens with two attached hydrogens (primary N) is 2. The lowest BCUT2D eigenvalue weighted by molar-refractivity contribution is -0.0433. The van der Waals surface area contributed by atoms with E-state index in [1.807, 2.05) is 0 Å². The van der Waals surface area contributed by atoms with Crippen LogP contribution in [-0.2, 0) is 44.6 Å². The monoisotopic (exact) mass is 688 g/mol. The van der Waals surface area contributed by atoms with Crippen molar-refractivity contribution >= 4 is 63.3 Å². The molecule has 7 heterocycles. The van der Waals surface area contributed by atoms with Crippen molar-refractivity contribution in [2.45, 2.75) is 49.3 Å². The Morgan fingerprint density at radius 3 is 2.78 bits per heavy atom. The molecule has 19 nitrogen and oxygen atoms in total. The Balaban J connectivity index is 1.20. The van der Waals surface area contributed by atoms with Crippen molar-refractivity contribution in [1.82, 2.24) is 38.8 Å². The molecular weight excluding hydrogens is 662 g/mol. The van der Waals surface area contributed by atoms with Crippen LogP contribution in [0, 0.1) is 0 Å². The molecule has 45 heavy (non-hydrogen) atoms. The zero-order chi connectivity index (χ0) is 31.8. The highest BCUT2D eigenvalue weighted by molar-refractivity contribution is 8.44. The van der Waals surface area contributed by atoms with Gasteiger partial charge in [-0.1, -0.05) is 12.2 Å². The largest absolute Gasteiger partial charge is 0.386 e. The van der Waals surface area contributed by atoms with E-state index in [4.69, 9.17) is 34.2 Å². The normalized spacial score (nSPS) is 33.9. The molecule has 0 saturated carbocycles. The minimum Gasteiger partial charge on any atom is -0.382 e. The van der Waals surface area contributed by atoms with Crippen molar-refractivity contribution in [2.24, 2.45) is 7.05 Å². The van der Waals surface area contributed by atoms with Gasteiger partial charge in [-0.15, -0.1) is 0 Å². The summed E-state index contributed by atoms with van der Waals surface area (Å²) < 4.78 is 89.4. The third-order valence-corrected chi connectivity index (χ3v) is 10.3. The van der Waals surface area contributed by atoms with Gasteiger partial charge >= 0.3 is 17.1 Å². The van der Waals surface area contributed by atoms with Crippen LogP contribution in [0.15, 0.2) is 23.6 Å². The number of alkyl halides is 1. The summed E-state index contributed by atoms with van der Waals surface area (Å²) in [4.78, 5) is 30.9. The van der Waals surface area contributed by atoms with Crippen molar-refractivity contribution in [1.29, 1.82) is 0 Å². The van der Waals surface area contributed by atoms with E-state index in [9.17, 15) is 17.8 Å². The van der Waals surface area contributed by atoms with Crippen molar-refractivity contribution in [2.75, 3.05) is 24.6 Å². The number of nitrogen functional groups attached to an aromatic ring is 2. The zero-order valence-corrected chi connectivity index (χ0v) is 25.7. The van der Waals surface area contributed by atoms with Crippen molar-refractivity contribution in [3.05, 3.63) is 34.8 Å². The molecule has 4 aromatic rings. The number of rotatable bonds is 2. The highest BCUT2D eigenvalue weighted by Gasteiger charge is 2.51. The van der Waals surface area contributed by atoms with Crippen molar-refractivity contribution < 1.29 is 40.1 Å². The van der Waals surface area contributed by atoms with Crippen LogP contribution < -0.4 is 21.7 Å². The van der Waals surface area contributed by atoms with Gasteiger partial charge in [-0.05, 0) is 0 Å². The summed E-state index contributed by atoms with van der Waals surface area (Å²) in [5.41, 5.74) is 12.0. The number of halogens is 1. The Hall–Kier alpha value is -3.21. The highest BCUT2D eigenvalue weighted by atomic mass is 32.7. The summed E-state index contributed by atoms with van der Waals surface area (Å²) in [7, 11) is -2.89. The number of H-pyrrole nitrogens is 1. The van der Waals surface area contributed by atoms with Crippen LogP contribution in [0.2, 0.25) is 0 Å². The van der Waals surface area contributed by atoms with Gasteiger partial charge in [0.1, 0.15) is 36.3 Å². The summed E-state index contributed by atoms with van der Waals surface area (Å²) in [6.07, 6.45) is -5.60. The molecule has 3 saturated heterocycles. The lowest BCUT2D eigenvalue weighted by Gasteiger charge is -2.25. The Morgan fingerprint density at radius 2 is 1.98 bits per heavy atom. The van der Waals surface area contributed by atoms with Gasteiger partial charge in [0.05, 0.1) is 24.6 Å². The summed E-state index contributed by atoms with van der Waals surface area (Å²) in [5, 5.41) is 0. The number of fused-ring (bicyclic) bond motifs is 5. The van der Waals surface area contributed by atoms with E-state index in [0.29, 0.717) is 11.0 Å². The molecule has 3 aliphatic rings. The molecule has 23 heteroatoms. The number of nitrogens with one attached hydrogen (secondary N) is 2. The fraction of sp³-hybridized carbons (Fsp3) is 0.500. The quantitative estimate of drug-likeness (QED) is 0.137. The Bertz CT molecular complexity index is 2020. The molecule has 0 amide bonds. The number of anilines is 2. The van der Waals surface area contributed by atoms with E-state index in [0.717, 1.165) is 0 Å². The van der Waals surface area contributed by atoms with Gasteiger partial charge < -0.3 is 25.5 Å². The molecule has 7 rings (SSSR count). The number of imidazole rings is 1. The topological polar surface area (TPSA) is 256 Å². The second-order valence-electron chi connectivity index (χ2n) is 10.6. The predicted molar refractivity (Wildman–Crippen MR) is 156 cm³/mol. The lowest BCUT2D eigenvalue weighted by atomic mass is 10.0. The number of ether oxygens (including phenoxy) is 2. The number of hydrogen-bond donors (Lipinski definition) is 5. The molecule has 2 bridgehead atoms. The van der Waals surface area contributed by atoms with E-state index in [-0.39, 0.29) is 34.9 Å². The van der Waals surface area contributed by atoms with Crippen molar-refractivity contribution in [3.63, 3.8) is 0 Å². The van der Waals surface area contributed by atoms with Crippen molar-refractivity contribution in [3.8, 4) is 0 Å². The smallest absolute Gasteiger partial charge is 0.382 e. The predicted octanol–water partition coefficient (Wildman–Crippen LogP) is 0.00430. The van der Waals surface area contributed by atoms with Gasteiger partial charge in [-0.25, -0.2) is 28.1 Å². The highest BCUT2D eigenvalue weighted by Crippen LogP contribution is 2.57. The third-order valence-electron chi connectivity index (χ3n) is 7.67. The first kappa shape index (κ1) is 30.4. The van der Waals surface area contributed by atoms with Gasteiger partial charge in [0.15, 0.2) is 29.4 Å². The van der Waals surface area contributed by atoms with Gasteiger partial charge in [0.2, 0.25) is 5.95 Å². The Labute approximate surface area is 257 Å². The van der Waals surface area contributed by atoms with E-state index < -0.39 is 78.7 Å². The van der Waals surface area contributed by atoms with E-state index in [1.165, 1.54) is 17.2 Å². The summed E-state index contributed by atoms with van der Waals surface area (Å²) >= 11 is 4.05. The first-order chi connectivity index (χ1) is 21.3. The Kier molecular flexibility index (Phi) is 7.41. The first-order valence-electron chi connectivity index (χ1n) is 13.4. The number of aromatic nitrogens is 7. The molecule has 1 unspecified atom stereocenters. The molecule has 3 fully saturated rings. The van der Waals surface area contributed by atoms with Crippen LogP contribution in [0.25, 0.3) is 22.2 Å². The average Bonchev–Trinajstić information content (AvgIpc) is 3.71. The molecule has 242 valence electrons. The number of nitrogens with zero attached hydrogens (tertiary/aromatic N) is 6. The molecule has 0 spiro atoms. The molecule has 6 N–H and O–H groups in total. The van der Waals surface area contributed by atoms with E-state index in [2.05, 4.69) is 41.9 Å². The maximum Gasteiger partial charge on any atom is 0.386 e. The summed E-state index contributed by atoms with van der Waals surface area (Å²) in [5.74, 6) is -0.0479. The molecule has 0 aliphatic carbocycles. The zero-order valence-electron chi connectivity index (χ0n) is 23.1. The minimum absolute atomic E-state index is 0.00813. The maximum absolute atomic E-state index is 16.1. The van der Waals surface area contributed by atoms with Crippen LogP contribution in [-0.4, -0.2) is 86.2 Å². The van der Waals surface area contributed by atoms with Crippen LogP contribution in [0.3, 0.4) is 0 Å². The van der Waals surface area contributed by atoms with Crippen LogP contribution in [0.4, 0.5) is 16.2 Å². The van der Waals surface area contributed by atoms with Gasteiger partial charge in [-0.3, -0.25) is 23.4 Å². The SMILES string of the molecule is Cn1cc([C@@H]2O[C@@H]3CNS(=O)(=O)O[C@@H]4C[C@@H](COP(=O)(S)O[C@H]3[C@H]2F)O[C@H]4n2cnc3c(=O)[nH]c(N)nc32)c2ncnc(N)c21. The first-order valence-corrected chi connectivity index (χ1v) is 17.5. The maximum atomic E-state index is 16.1. The Morgan fingerprint density at radius 1 is 1.18 bits per heavy atom. The second kappa shape index (κ2) is 11.0. The summed E-state index contributed by atoms with van der Waals surface area (Å²) in [6.45, 7) is -5.26. The summed E-state index contributed by atoms with van der Waals surface area (Å²) in [6, 6.07) is 0. The van der Waals surface area contributed by atoms with Gasteiger partial charge in [0.25, 0.3) is 5.56 Å². The van der Waals surface area contributed by atoms with E-state index >= 15 is 4.39 Å². The number of aromatic amines is 1. The van der Waals surface area contributed by atoms with Crippen LogP contribution >= 0.6 is 19.0 Å². The second-order valence-corrected chi connectivity index (χ2v) is 14.9. The van der Waals surface area contributed by atoms with Crippen LogP contribution in [0.5, 0.6) is 0 Å². The number of aryl methyl sites for hydroxylation is 1. The minimum atomic E-state index is -4.56. The standard InChI is InChI=1S/C22H26FN10O9PS2/c1-32-4-9(13-15(32)18(24)27-6-26-13)16-12(23)17-11(40-16)3-29-45(36,37)42-10-2-8(5-38-43(35,44)41-17)39-21(10)33-7-28-14-19(33)30-22(25)31-20(14)34/h4,6-8,10-12,16-17,21,29H,2-3,5H2,1H3,(H,35,44)(H2,24,26,27)(H3,25,30,31,34)/t8-,10+,11+,12-,16-,17+,21+,43?/m0/s1. The van der Waals surface area contributed by atoms with E-state index in [1.54, 1.807) is 17.8 Å². The molecule has 3 aliphatic heterocycles. The molecule has 0 radical (unpaired) electrons. The molecular formula is C22H26FN10O9PS2. The fourth-order valence-electron chi connectivity index (χ4n) is 5.77. The van der Waals surface area contributed by atoms with Gasteiger partial charge in [-0.2, -0.15) is 18.1 Å².